The van der Waals surface area contributed by atoms with E-state index in [0.717, 1.165) is 25.5 Å². The summed E-state index contributed by atoms with van der Waals surface area (Å²) in [6, 6.07) is 17.0. The van der Waals surface area contributed by atoms with Crippen molar-refractivity contribution in [2.45, 2.75) is 25.7 Å². The number of rotatable bonds is 6. The van der Waals surface area contributed by atoms with Gasteiger partial charge in [0, 0.05) is 9.86 Å². The number of carbonyl (C=O) groups excluding carboxylic acids is 1. The van der Waals surface area contributed by atoms with E-state index in [2.05, 4.69) is 31.1 Å². The van der Waals surface area contributed by atoms with Crippen LogP contribution in [0.5, 0.6) is 5.88 Å². The Kier molecular flexibility index (Phi) is 6.77. The molecule has 0 saturated heterocycles. The minimum absolute atomic E-state index is 0.0628. The zero-order valence-corrected chi connectivity index (χ0v) is 21.7. The quantitative estimate of drug-likeness (QED) is 0.281. The second kappa shape index (κ2) is 9.63. The monoisotopic (exact) mass is 554 g/mol. The molecule has 0 aliphatic rings. The molecule has 180 valence electrons. The van der Waals surface area contributed by atoms with Crippen molar-refractivity contribution in [3.05, 3.63) is 81.8 Å². The molecule has 0 fully saturated rings. The van der Waals surface area contributed by atoms with E-state index >= 15 is 0 Å². The normalized spacial score (nSPS) is 11.9. The number of aryl methyl sites for hydroxylation is 2. The summed E-state index contributed by atoms with van der Waals surface area (Å²) in [7, 11) is -4.08. The zero-order chi connectivity index (χ0) is 25.3. The summed E-state index contributed by atoms with van der Waals surface area (Å²) in [5.41, 5.74) is 3.62. The van der Waals surface area contributed by atoms with E-state index in [1.54, 1.807) is 49.4 Å². The zero-order valence-electron chi connectivity index (χ0n) is 19.3. The smallest absolute Gasteiger partial charge is 0.285 e. The van der Waals surface area contributed by atoms with Gasteiger partial charge in [0.15, 0.2) is 5.69 Å². The number of hydrogen-bond donors (Lipinski definition) is 2. The van der Waals surface area contributed by atoms with Crippen molar-refractivity contribution in [2.75, 3.05) is 10.8 Å². The Morgan fingerprint density at radius 2 is 1.77 bits per heavy atom. The molecule has 1 aromatic heterocycles. The van der Waals surface area contributed by atoms with Crippen molar-refractivity contribution in [2.24, 2.45) is 10.2 Å². The third kappa shape index (κ3) is 4.98. The molecule has 0 unspecified atom stereocenters. The largest absolute Gasteiger partial charge is 0.493 e. The molecule has 1 amide bonds. The third-order valence-electron chi connectivity index (χ3n) is 5.71. The first-order valence-electron chi connectivity index (χ1n) is 10.7. The minimum Gasteiger partial charge on any atom is -0.493 e. The van der Waals surface area contributed by atoms with Gasteiger partial charge in [0.05, 0.1) is 16.1 Å². The van der Waals surface area contributed by atoms with E-state index < -0.39 is 22.5 Å². The molecular formula is C25H23BrN4O4S. The Morgan fingerprint density at radius 3 is 2.49 bits per heavy atom. The molecule has 1 heterocycles. The van der Waals surface area contributed by atoms with Gasteiger partial charge in [-0.3, -0.25) is 9.10 Å². The van der Waals surface area contributed by atoms with Gasteiger partial charge in [0.2, 0.25) is 5.88 Å². The van der Waals surface area contributed by atoms with Crippen molar-refractivity contribution < 1.29 is 18.3 Å². The summed E-state index contributed by atoms with van der Waals surface area (Å²) in [5, 5.41) is 18.5. The van der Waals surface area contributed by atoms with E-state index in [1.165, 1.54) is 12.1 Å². The molecule has 0 aliphatic carbocycles. The Hall–Kier alpha value is -3.50. The van der Waals surface area contributed by atoms with Gasteiger partial charge in [-0.25, -0.2) is 8.42 Å². The summed E-state index contributed by atoms with van der Waals surface area (Å²) in [6.45, 7) is 4.98. The molecule has 8 nitrogen and oxygen atoms in total. The second-order valence-corrected chi connectivity index (χ2v) is 10.9. The molecule has 0 atom stereocenters. The molecule has 0 bridgehead atoms. The van der Waals surface area contributed by atoms with E-state index in [9.17, 15) is 18.3 Å². The molecule has 0 saturated carbocycles. The van der Waals surface area contributed by atoms with Crippen LogP contribution in [0.25, 0.3) is 10.9 Å². The van der Waals surface area contributed by atoms with Crippen LogP contribution in [0.2, 0.25) is 0 Å². The number of aromatic nitrogens is 1. The van der Waals surface area contributed by atoms with Crippen LogP contribution in [0.4, 0.5) is 11.4 Å². The van der Waals surface area contributed by atoms with Crippen LogP contribution >= 0.6 is 15.9 Å². The number of sulfonamides is 1. The summed E-state index contributed by atoms with van der Waals surface area (Å²) >= 11 is 3.37. The maximum atomic E-state index is 13.6. The number of aromatic hydroxyl groups is 1. The first-order chi connectivity index (χ1) is 16.6. The lowest BCUT2D eigenvalue weighted by molar-refractivity contribution is -0.116. The average molecular weight is 555 g/mol. The lowest BCUT2D eigenvalue weighted by Crippen LogP contribution is -2.36. The van der Waals surface area contributed by atoms with Crippen LogP contribution in [-0.4, -0.2) is 31.0 Å². The summed E-state index contributed by atoms with van der Waals surface area (Å²) in [6.07, 6.45) is 0. The number of nitrogens with zero attached hydrogens (tertiary/aromatic N) is 3. The third-order valence-corrected chi connectivity index (χ3v) is 7.98. The lowest BCUT2D eigenvalue weighted by Gasteiger charge is -2.25. The number of amides is 1. The number of azo groups is 1. The van der Waals surface area contributed by atoms with E-state index in [0.29, 0.717) is 16.6 Å². The fourth-order valence-electron chi connectivity index (χ4n) is 3.64. The van der Waals surface area contributed by atoms with Crippen LogP contribution in [0.3, 0.4) is 0 Å². The van der Waals surface area contributed by atoms with Crippen LogP contribution < -0.4 is 4.31 Å². The van der Waals surface area contributed by atoms with Crippen LogP contribution in [0.15, 0.2) is 80.3 Å². The van der Waals surface area contributed by atoms with Crippen molar-refractivity contribution in [3.8, 4) is 5.88 Å². The van der Waals surface area contributed by atoms with E-state index in [1.807, 2.05) is 19.9 Å². The first kappa shape index (κ1) is 24.6. The van der Waals surface area contributed by atoms with Gasteiger partial charge in [-0.15, -0.1) is 10.2 Å². The van der Waals surface area contributed by atoms with Crippen molar-refractivity contribution in [1.82, 2.24) is 4.98 Å². The standard InChI is InChI=1S/C25H23BrN4O4S/c1-15-7-10-19(11-8-15)35(33,34)30(22-6-4-5-16(2)17(22)3)14-23(31)28-29-24-20-13-18(26)9-12-21(20)27-25(24)32/h4-13,27,32H,14H2,1-3H3. The number of benzene rings is 3. The number of fused-ring (bicyclic) bond motifs is 1. The van der Waals surface area contributed by atoms with E-state index in [-0.39, 0.29) is 16.5 Å². The van der Waals surface area contributed by atoms with Crippen LogP contribution in [0.1, 0.15) is 16.7 Å². The van der Waals surface area contributed by atoms with Gasteiger partial charge in [-0.05, 0) is 68.3 Å². The summed E-state index contributed by atoms with van der Waals surface area (Å²) in [5.74, 6) is -1.03. The van der Waals surface area contributed by atoms with Gasteiger partial charge in [0.1, 0.15) is 6.54 Å². The van der Waals surface area contributed by atoms with Crippen molar-refractivity contribution in [3.63, 3.8) is 0 Å². The Balaban J connectivity index is 1.72. The molecule has 3 aromatic carbocycles. The predicted octanol–water partition coefficient (Wildman–Crippen LogP) is 6.07. The fourth-order valence-corrected chi connectivity index (χ4v) is 5.47. The number of nitrogens with one attached hydrogen (secondary N) is 1. The van der Waals surface area contributed by atoms with Crippen LogP contribution in [0, 0.1) is 20.8 Å². The highest BCUT2D eigenvalue weighted by Gasteiger charge is 2.28. The molecule has 0 spiro atoms. The van der Waals surface area contributed by atoms with Gasteiger partial charge >= 0.3 is 0 Å². The van der Waals surface area contributed by atoms with Crippen molar-refractivity contribution >= 4 is 54.1 Å². The highest BCUT2D eigenvalue weighted by atomic mass is 79.9. The predicted molar refractivity (Wildman–Crippen MR) is 139 cm³/mol. The number of halogens is 1. The van der Waals surface area contributed by atoms with Gasteiger partial charge in [-0.2, -0.15) is 0 Å². The Bertz CT molecular complexity index is 1560. The maximum Gasteiger partial charge on any atom is 0.285 e. The van der Waals surface area contributed by atoms with Gasteiger partial charge in [-0.1, -0.05) is 45.8 Å². The molecule has 35 heavy (non-hydrogen) atoms. The molecular weight excluding hydrogens is 532 g/mol. The number of H-pyrrole nitrogens is 1. The topological polar surface area (TPSA) is 115 Å². The average Bonchev–Trinajstić information content (AvgIpc) is 3.12. The maximum absolute atomic E-state index is 13.6. The molecule has 4 rings (SSSR count). The van der Waals surface area contributed by atoms with Gasteiger partial charge < -0.3 is 10.1 Å². The summed E-state index contributed by atoms with van der Waals surface area (Å²) in [4.78, 5) is 15.7. The molecule has 10 heteroatoms. The lowest BCUT2D eigenvalue weighted by atomic mass is 10.1. The van der Waals surface area contributed by atoms with Gasteiger partial charge in [0.25, 0.3) is 15.9 Å². The van der Waals surface area contributed by atoms with E-state index in [4.69, 9.17) is 0 Å². The Morgan fingerprint density at radius 1 is 1.06 bits per heavy atom. The SMILES string of the molecule is Cc1ccc(S(=O)(=O)N(CC(=O)N=Nc2c(O)[nH]c3ccc(Br)cc23)c2cccc(C)c2C)cc1. The minimum atomic E-state index is -4.08. The fraction of sp³-hybridized carbons (Fsp3) is 0.160. The molecule has 0 radical (unpaired) electrons. The number of carbonyl (C=O) groups is 1. The molecule has 4 aromatic rings. The van der Waals surface area contributed by atoms with Crippen molar-refractivity contribution in [1.29, 1.82) is 0 Å². The highest BCUT2D eigenvalue weighted by molar-refractivity contribution is 9.10. The van der Waals surface area contributed by atoms with Crippen LogP contribution in [-0.2, 0) is 14.8 Å². The number of anilines is 1. The Labute approximate surface area is 211 Å². The summed E-state index contributed by atoms with van der Waals surface area (Å²) < 4.78 is 29.0. The number of aromatic amines is 1. The molecule has 2 N–H and O–H groups in total. The first-order valence-corrected chi connectivity index (χ1v) is 12.9. The number of hydrogen-bond acceptors (Lipinski definition) is 5. The second-order valence-electron chi connectivity index (χ2n) is 8.15. The molecule has 0 aliphatic heterocycles. The highest BCUT2D eigenvalue weighted by Crippen LogP contribution is 2.37.